The monoisotopic (exact) mass is 235 g/mol. The van der Waals surface area contributed by atoms with Crippen LogP contribution in [0, 0.1) is 0 Å². The summed E-state index contributed by atoms with van der Waals surface area (Å²) in [5, 5.41) is 8.64. The number of rotatable bonds is 2. The molecule has 2 atom stereocenters. The van der Waals surface area contributed by atoms with Crippen molar-refractivity contribution in [2.45, 2.75) is 24.2 Å². The van der Waals surface area contributed by atoms with Gasteiger partial charge in [0, 0.05) is 17.8 Å². The second-order valence-corrected chi connectivity index (χ2v) is 4.16. The van der Waals surface area contributed by atoms with Crippen LogP contribution in [0.4, 0.5) is 0 Å². The summed E-state index contributed by atoms with van der Waals surface area (Å²) >= 11 is 3.28. The van der Waals surface area contributed by atoms with E-state index in [1.807, 2.05) is 0 Å². The van der Waals surface area contributed by atoms with Gasteiger partial charge in [-0.05, 0) is 6.92 Å². The number of hydrogen-bond acceptors (Lipinski definition) is 2. The Bertz CT molecular complexity index is 219. The highest BCUT2D eigenvalue weighted by atomic mass is 79.9. The molecule has 1 N–H and O–H groups in total. The van der Waals surface area contributed by atoms with Gasteiger partial charge in [-0.15, -0.1) is 0 Å². The predicted molar refractivity (Wildman–Crippen MR) is 46.1 cm³/mol. The van der Waals surface area contributed by atoms with E-state index in [0.29, 0.717) is 13.0 Å². The number of carbonyl (C=O) groups excluding carboxylic acids is 1. The van der Waals surface area contributed by atoms with E-state index in [1.54, 1.807) is 0 Å². The maximum atomic E-state index is 11.2. The van der Waals surface area contributed by atoms with Crippen LogP contribution in [0.2, 0.25) is 0 Å². The highest BCUT2D eigenvalue weighted by Crippen LogP contribution is 2.20. The summed E-state index contributed by atoms with van der Waals surface area (Å²) in [5.74, 6) is -1.04. The van der Waals surface area contributed by atoms with Crippen molar-refractivity contribution < 1.29 is 14.7 Å². The second-order valence-electron chi connectivity index (χ2n) is 2.86. The molecule has 12 heavy (non-hydrogen) atoms. The molecule has 68 valence electrons. The SMILES string of the molecule is CC(C(=O)O)N1CC(Br)CC1=O. The number of likely N-dealkylation sites (tertiary alicyclic amines) is 1. The molecule has 0 aromatic carbocycles. The van der Waals surface area contributed by atoms with Crippen LogP contribution in [0.15, 0.2) is 0 Å². The summed E-state index contributed by atoms with van der Waals surface area (Å²) in [4.78, 5) is 23.2. The minimum absolute atomic E-state index is 0.0909. The Morgan fingerprint density at radius 3 is 2.75 bits per heavy atom. The number of carboxylic acids is 1. The van der Waals surface area contributed by atoms with Gasteiger partial charge < -0.3 is 10.0 Å². The van der Waals surface area contributed by atoms with Gasteiger partial charge in [-0.3, -0.25) is 4.79 Å². The number of carbonyl (C=O) groups is 2. The molecule has 2 unspecified atom stereocenters. The zero-order chi connectivity index (χ0) is 9.30. The van der Waals surface area contributed by atoms with E-state index >= 15 is 0 Å². The van der Waals surface area contributed by atoms with Crippen molar-refractivity contribution in [3.05, 3.63) is 0 Å². The molecule has 5 heteroatoms. The molecule has 0 aromatic heterocycles. The molecule has 1 heterocycles. The lowest BCUT2D eigenvalue weighted by Gasteiger charge is -2.20. The van der Waals surface area contributed by atoms with Gasteiger partial charge in [-0.1, -0.05) is 15.9 Å². The van der Waals surface area contributed by atoms with Crippen molar-refractivity contribution in [1.29, 1.82) is 0 Å². The Morgan fingerprint density at radius 2 is 2.42 bits per heavy atom. The van der Waals surface area contributed by atoms with Crippen molar-refractivity contribution in [3.63, 3.8) is 0 Å². The molecule has 1 saturated heterocycles. The molecule has 0 radical (unpaired) electrons. The van der Waals surface area contributed by atoms with Crippen LogP contribution < -0.4 is 0 Å². The molecule has 1 amide bonds. The van der Waals surface area contributed by atoms with Crippen molar-refractivity contribution >= 4 is 27.8 Å². The first-order valence-corrected chi connectivity index (χ1v) is 4.60. The van der Waals surface area contributed by atoms with Crippen molar-refractivity contribution in [2.75, 3.05) is 6.54 Å². The van der Waals surface area contributed by atoms with Crippen LogP contribution in [0.1, 0.15) is 13.3 Å². The summed E-state index contributed by atoms with van der Waals surface area (Å²) < 4.78 is 0. The molecule has 1 fully saturated rings. The summed E-state index contributed by atoms with van der Waals surface area (Å²) in [6, 6.07) is -0.708. The number of halogens is 1. The third-order valence-corrected chi connectivity index (χ3v) is 2.55. The molecule has 0 saturated carbocycles. The minimum Gasteiger partial charge on any atom is -0.480 e. The highest BCUT2D eigenvalue weighted by molar-refractivity contribution is 9.09. The third-order valence-electron chi connectivity index (χ3n) is 1.94. The normalized spacial score (nSPS) is 26.0. The van der Waals surface area contributed by atoms with Crippen molar-refractivity contribution in [3.8, 4) is 0 Å². The smallest absolute Gasteiger partial charge is 0.326 e. The summed E-state index contributed by atoms with van der Waals surface area (Å²) in [5.41, 5.74) is 0. The van der Waals surface area contributed by atoms with E-state index < -0.39 is 12.0 Å². The Kier molecular flexibility index (Phi) is 2.72. The number of alkyl halides is 1. The van der Waals surface area contributed by atoms with Gasteiger partial charge in [-0.25, -0.2) is 4.79 Å². The quantitative estimate of drug-likeness (QED) is 0.708. The van der Waals surface area contributed by atoms with Gasteiger partial charge in [-0.2, -0.15) is 0 Å². The van der Waals surface area contributed by atoms with Crippen LogP contribution in [-0.2, 0) is 9.59 Å². The lowest BCUT2D eigenvalue weighted by atomic mass is 10.3. The van der Waals surface area contributed by atoms with Gasteiger partial charge in [0.05, 0.1) is 0 Å². The third kappa shape index (κ3) is 1.77. The van der Waals surface area contributed by atoms with E-state index in [9.17, 15) is 9.59 Å². The first-order chi connectivity index (χ1) is 5.52. The lowest BCUT2D eigenvalue weighted by molar-refractivity contribution is -0.147. The molecule has 0 aromatic rings. The van der Waals surface area contributed by atoms with E-state index in [-0.39, 0.29) is 10.7 Å². The number of amides is 1. The van der Waals surface area contributed by atoms with Gasteiger partial charge in [0.2, 0.25) is 5.91 Å². The van der Waals surface area contributed by atoms with E-state index in [2.05, 4.69) is 15.9 Å². The van der Waals surface area contributed by atoms with Crippen molar-refractivity contribution in [2.24, 2.45) is 0 Å². The van der Waals surface area contributed by atoms with Crippen LogP contribution in [0.5, 0.6) is 0 Å². The minimum atomic E-state index is -0.954. The van der Waals surface area contributed by atoms with Crippen molar-refractivity contribution in [1.82, 2.24) is 4.90 Å². The molecular weight excluding hydrogens is 226 g/mol. The van der Waals surface area contributed by atoms with Crippen LogP contribution in [0.3, 0.4) is 0 Å². The summed E-state index contributed by atoms with van der Waals surface area (Å²) in [7, 11) is 0. The summed E-state index contributed by atoms with van der Waals surface area (Å²) in [6.45, 7) is 2.01. The van der Waals surface area contributed by atoms with Gasteiger partial charge in [0.25, 0.3) is 0 Å². The standard InChI is InChI=1S/C7H10BrNO3/c1-4(7(11)12)9-3-5(8)2-6(9)10/h4-5H,2-3H2,1H3,(H,11,12). The zero-order valence-electron chi connectivity index (χ0n) is 6.66. The average molecular weight is 236 g/mol. The topological polar surface area (TPSA) is 57.6 Å². The maximum Gasteiger partial charge on any atom is 0.326 e. The van der Waals surface area contributed by atoms with Gasteiger partial charge in [0.15, 0.2) is 0 Å². The van der Waals surface area contributed by atoms with Gasteiger partial charge >= 0.3 is 5.97 Å². The fourth-order valence-corrected chi connectivity index (χ4v) is 1.78. The average Bonchev–Trinajstić information content (AvgIpc) is 2.28. The maximum absolute atomic E-state index is 11.2. The van der Waals surface area contributed by atoms with Crippen LogP contribution >= 0.6 is 15.9 Å². The summed E-state index contributed by atoms with van der Waals surface area (Å²) in [6.07, 6.45) is 0.400. The number of nitrogens with zero attached hydrogens (tertiary/aromatic N) is 1. The molecule has 4 nitrogen and oxygen atoms in total. The fourth-order valence-electron chi connectivity index (χ4n) is 1.19. The molecule has 0 aliphatic carbocycles. The molecule has 1 aliphatic heterocycles. The lowest BCUT2D eigenvalue weighted by Crippen LogP contribution is -2.39. The van der Waals surface area contributed by atoms with E-state index in [1.165, 1.54) is 11.8 Å². The van der Waals surface area contributed by atoms with Crippen LogP contribution in [-0.4, -0.2) is 39.3 Å². The molecular formula is C7H10BrNO3. The Labute approximate surface area is 78.7 Å². The first-order valence-electron chi connectivity index (χ1n) is 3.68. The molecule has 0 bridgehead atoms. The Balaban J connectivity index is 2.64. The Hall–Kier alpha value is -0.580. The van der Waals surface area contributed by atoms with E-state index in [0.717, 1.165) is 0 Å². The number of hydrogen-bond donors (Lipinski definition) is 1. The number of aliphatic carboxylic acids is 1. The first kappa shape index (κ1) is 9.51. The number of carboxylic acid groups (broad SMARTS) is 1. The predicted octanol–water partition coefficient (Wildman–Crippen LogP) is 0.455. The molecule has 1 rings (SSSR count). The van der Waals surface area contributed by atoms with Gasteiger partial charge in [0.1, 0.15) is 6.04 Å². The molecule has 0 spiro atoms. The largest absolute Gasteiger partial charge is 0.480 e. The highest BCUT2D eigenvalue weighted by Gasteiger charge is 2.33. The van der Waals surface area contributed by atoms with Crippen LogP contribution in [0.25, 0.3) is 0 Å². The Morgan fingerprint density at radius 1 is 1.83 bits per heavy atom. The zero-order valence-corrected chi connectivity index (χ0v) is 8.24. The fraction of sp³-hybridized carbons (Fsp3) is 0.714. The molecule has 1 aliphatic rings. The van der Waals surface area contributed by atoms with E-state index in [4.69, 9.17) is 5.11 Å². The second kappa shape index (κ2) is 3.43.